The first-order chi connectivity index (χ1) is 12.7. The quantitative estimate of drug-likeness (QED) is 0.746. The molecule has 0 spiro atoms. The zero-order valence-electron chi connectivity index (χ0n) is 14.3. The van der Waals surface area contributed by atoms with Crippen molar-refractivity contribution in [3.8, 4) is 6.07 Å². The van der Waals surface area contributed by atoms with Crippen LogP contribution in [0.25, 0.3) is 0 Å². The van der Waals surface area contributed by atoms with E-state index in [4.69, 9.17) is 5.26 Å². The van der Waals surface area contributed by atoms with Crippen LogP contribution in [0.2, 0.25) is 0 Å². The molecule has 0 atom stereocenters. The highest BCUT2D eigenvalue weighted by Gasteiger charge is 2.28. The number of quaternary nitrogens is 1. The third kappa shape index (κ3) is 4.69. The van der Waals surface area contributed by atoms with Crippen LogP contribution < -0.4 is 15.5 Å². The summed E-state index contributed by atoms with van der Waals surface area (Å²) in [6.07, 6.45) is 1.54. The number of amides is 2. The molecule has 1 aromatic heterocycles. The van der Waals surface area contributed by atoms with Gasteiger partial charge in [-0.25, -0.2) is 0 Å². The molecule has 0 saturated carbocycles. The van der Waals surface area contributed by atoms with Crippen LogP contribution in [0, 0.1) is 17.2 Å². The number of benzene rings is 1. The number of hydrogen-bond donors (Lipinski definition) is 3. The van der Waals surface area contributed by atoms with Gasteiger partial charge in [0.1, 0.15) is 11.1 Å². The molecule has 0 bridgehead atoms. The van der Waals surface area contributed by atoms with Crippen molar-refractivity contribution in [2.24, 2.45) is 5.92 Å². The fourth-order valence-electron chi connectivity index (χ4n) is 3.12. The predicted octanol–water partition coefficient (Wildman–Crippen LogP) is 1.49. The molecule has 3 rings (SSSR count). The second kappa shape index (κ2) is 8.61. The van der Waals surface area contributed by atoms with Crippen LogP contribution >= 0.6 is 11.3 Å². The molecule has 3 N–H and O–H groups in total. The maximum absolute atomic E-state index is 12.3. The Bertz CT molecular complexity index is 804. The van der Waals surface area contributed by atoms with Crippen LogP contribution in [0.3, 0.4) is 0 Å². The van der Waals surface area contributed by atoms with Gasteiger partial charge < -0.3 is 15.5 Å². The van der Waals surface area contributed by atoms with Gasteiger partial charge in [-0.15, -0.1) is 11.3 Å². The summed E-state index contributed by atoms with van der Waals surface area (Å²) < 4.78 is 0. The lowest BCUT2D eigenvalue weighted by atomic mass is 9.96. The fourth-order valence-corrected chi connectivity index (χ4v) is 3.88. The van der Waals surface area contributed by atoms with Gasteiger partial charge in [-0.2, -0.15) is 5.26 Å². The Morgan fingerprint density at radius 3 is 2.58 bits per heavy atom. The van der Waals surface area contributed by atoms with Crippen LogP contribution in [-0.4, -0.2) is 31.4 Å². The summed E-state index contributed by atoms with van der Waals surface area (Å²) in [4.78, 5) is 25.7. The highest BCUT2D eigenvalue weighted by molar-refractivity contribution is 7.14. The first-order valence-corrected chi connectivity index (χ1v) is 9.50. The average Bonchev–Trinajstić information content (AvgIpc) is 3.10. The number of nitriles is 1. The number of thiophene rings is 1. The highest BCUT2D eigenvalue weighted by Crippen LogP contribution is 2.21. The Morgan fingerprint density at radius 2 is 1.88 bits per heavy atom. The topological polar surface area (TPSA) is 86.4 Å². The van der Waals surface area contributed by atoms with Crippen molar-refractivity contribution >= 4 is 33.8 Å². The number of anilines is 2. The summed E-state index contributed by atoms with van der Waals surface area (Å²) in [6.45, 7) is 1.93. The van der Waals surface area contributed by atoms with Crippen LogP contribution in [0.15, 0.2) is 41.8 Å². The molecule has 6 nitrogen and oxygen atoms in total. The summed E-state index contributed by atoms with van der Waals surface area (Å²) >= 11 is 1.35. The van der Waals surface area contributed by atoms with E-state index < -0.39 is 0 Å². The lowest BCUT2D eigenvalue weighted by Crippen LogP contribution is -3.14. The highest BCUT2D eigenvalue weighted by atomic mass is 32.1. The number of rotatable bonds is 5. The van der Waals surface area contributed by atoms with Gasteiger partial charge in [-0.05, 0) is 23.6 Å². The Kier molecular flexibility index (Phi) is 6.00. The van der Waals surface area contributed by atoms with Crippen LogP contribution in [0.4, 0.5) is 10.7 Å². The molecule has 2 heterocycles. The smallest absolute Gasteiger partial charge is 0.280 e. The van der Waals surface area contributed by atoms with E-state index in [0.29, 0.717) is 17.1 Å². The Balaban J connectivity index is 1.44. The van der Waals surface area contributed by atoms with Crippen LogP contribution in [-0.2, 0) is 9.59 Å². The summed E-state index contributed by atoms with van der Waals surface area (Å²) in [7, 11) is 0. The molecular weight excluding hydrogens is 348 g/mol. The van der Waals surface area contributed by atoms with Gasteiger partial charge >= 0.3 is 0 Å². The molecule has 1 aliphatic rings. The summed E-state index contributed by atoms with van der Waals surface area (Å²) in [5.41, 5.74) is 1.31. The van der Waals surface area contributed by atoms with Crippen molar-refractivity contribution in [1.29, 1.82) is 5.26 Å². The van der Waals surface area contributed by atoms with E-state index in [1.165, 1.54) is 16.2 Å². The molecule has 26 heavy (non-hydrogen) atoms. The lowest BCUT2D eigenvalue weighted by Gasteiger charge is -2.28. The van der Waals surface area contributed by atoms with Gasteiger partial charge in [0, 0.05) is 24.4 Å². The molecule has 2 amide bonds. The summed E-state index contributed by atoms with van der Waals surface area (Å²) in [5.74, 6) is -0.0485. The Labute approximate surface area is 156 Å². The number of para-hydroxylation sites is 1. The predicted molar refractivity (Wildman–Crippen MR) is 101 cm³/mol. The number of carbonyl (C=O) groups is 2. The first kappa shape index (κ1) is 18.1. The maximum atomic E-state index is 12.3. The summed E-state index contributed by atoms with van der Waals surface area (Å²) in [6, 6.07) is 13.2. The molecule has 2 aromatic rings. The SMILES string of the molecule is N#Cc1ccsc1NC(=O)C[NH+]1CCC(C(=O)Nc2ccccc2)CC1. The van der Waals surface area contributed by atoms with E-state index in [0.717, 1.165) is 31.6 Å². The van der Waals surface area contributed by atoms with Crippen molar-refractivity contribution in [3.63, 3.8) is 0 Å². The van der Waals surface area contributed by atoms with Gasteiger partial charge in [0.15, 0.2) is 6.54 Å². The van der Waals surface area contributed by atoms with E-state index in [2.05, 4.69) is 16.7 Å². The van der Waals surface area contributed by atoms with E-state index >= 15 is 0 Å². The van der Waals surface area contributed by atoms with Crippen molar-refractivity contribution < 1.29 is 14.5 Å². The van der Waals surface area contributed by atoms with Crippen LogP contribution in [0.1, 0.15) is 18.4 Å². The van der Waals surface area contributed by atoms with Gasteiger partial charge in [0.2, 0.25) is 5.91 Å². The third-order valence-electron chi connectivity index (χ3n) is 4.55. The number of hydrogen-bond acceptors (Lipinski definition) is 4. The standard InChI is InChI=1S/C19H20N4O2S/c20-12-15-8-11-26-19(15)22-17(24)13-23-9-6-14(7-10-23)18(25)21-16-4-2-1-3-5-16/h1-5,8,11,14H,6-7,9-10,13H2,(H,21,25)(H,22,24)/p+1. The van der Waals surface area contributed by atoms with E-state index in [1.807, 2.05) is 30.3 Å². The molecule has 0 unspecified atom stereocenters. The molecule has 134 valence electrons. The number of piperidine rings is 1. The minimum Gasteiger partial charge on any atom is -0.327 e. The molecule has 0 aliphatic carbocycles. The molecular formula is C19H21N4O2S+. The van der Waals surface area contributed by atoms with E-state index in [1.54, 1.807) is 11.4 Å². The number of nitrogens with zero attached hydrogens (tertiary/aromatic N) is 1. The largest absolute Gasteiger partial charge is 0.327 e. The number of carbonyl (C=O) groups excluding carboxylic acids is 2. The Morgan fingerprint density at radius 1 is 1.15 bits per heavy atom. The minimum absolute atomic E-state index is 0.00972. The Hall–Kier alpha value is -2.69. The molecule has 1 saturated heterocycles. The zero-order chi connectivity index (χ0) is 18.4. The van der Waals surface area contributed by atoms with Crippen molar-refractivity contribution in [2.75, 3.05) is 30.3 Å². The second-order valence-corrected chi connectivity index (χ2v) is 7.30. The van der Waals surface area contributed by atoms with Crippen molar-refractivity contribution in [1.82, 2.24) is 0 Å². The van der Waals surface area contributed by atoms with Crippen molar-refractivity contribution in [2.45, 2.75) is 12.8 Å². The molecule has 1 aromatic carbocycles. The van der Waals surface area contributed by atoms with Gasteiger partial charge in [0.05, 0.1) is 18.7 Å². The molecule has 7 heteroatoms. The third-order valence-corrected chi connectivity index (χ3v) is 5.38. The molecule has 0 radical (unpaired) electrons. The second-order valence-electron chi connectivity index (χ2n) is 6.38. The minimum atomic E-state index is -0.0915. The maximum Gasteiger partial charge on any atom is 0.280 e. The van der Waals surface area contributed by atoms with E-state index in [9.17, 15) is 9.59 Å². The monoisotopic (exact) mass is 369 g/mol. The number of nitrogens with one attached hydrogen (secondary N) is 3. The van der Waals surface area contributed by atoms with E-state index in [-0.39, 0.29) is 17.7 Å². The average molecular weight is 369 g/mol. The number of likely N-dealkylation sites (tertiary alicyclic amines) is 1. The first-order valence-electron chi connectivity index (χ1n) is 8.62. The molecule has 1 aliphatic heterocycles. The molecule has 1 fully saturated rings. The normalized spacial score (nSPS) is 19.3. The van der Waals surface area contributed by atoms with Gasteiger partial charge in [-0.1, -0.05) is 18.2 Å². The van der Waals surface area contributed by atoms with Gasteiger partial charge in [0.25, 0.3) is 5.91 Å². The fraction of sp³-hybridized carbons (Fsp3) is 0.316. The summed E-state index contributed by atoms with van der Waals surface area (Å²) in [5, 5.41) is 17.2. The zero-order valence-corrected chi connectivity index (χ0v) is 15.1. The van der Waals surface area contributed by atoms with Gasteiger partial charge in [-0.3, -0.25) is 9.59 Å². The van der Waals surface area contributed by atoms with Crippen molar-refractivity contribution in [3.05, 3.63) is 47.3 Å². The van der Waals surface area contributed by atoms with Crippen LogP contribution in [0.5, 0.6) is 0 Å². The lowest BCUT2D eigenvalue weighted by molar-refractivity contribution is -0.897.